The van der Waals surface area contributed by atoms with Gasteiger partial charge in [-0.1, -0.05) is 6.07 Å². The van der Waals surface area contributed by atoms with Gasteiger partial charge in [-0.3, -0.25) is 4.79 Å². The second-order valence-corrected chi connectivity index (χ2v) is 6.40. The molecule has 0 spiro atoms. The van der Waals surface area contributed by atoms with Crippen LogP contribution in [0.15, 0.2) is 36.4 Å². The molecule has 0 bridgehead atoms. The number of halogens is 2. The van der Waals surface area contributed by atoms with E-state index in [0.717, 1.165) is 35.0 Å². The molecule has 26 heavy (non-hydrogen) atoms. The van der Waals surface area contributed by atoms with E-state index in [1.807, 2.05) is 32.0 Å². The number of urea groups is 1. The van der Waals surface area contributed by atoms with Crippen LogP contribution in [0.1, 0.15) is 17.5 Å². The molecule has 1 heterocycles. The Hall–Kier alpha value is -2.96. The van der Waals surface area contributed by atoms with Gasteiger partial charge in [0.05, 0.1) is 11.7 Å². The van der Waals surface area contributed by atoms with E-state index in [2.05, 4.69) is 10.6 Å². The number of carbonyl (C=O) groups excluding carboxylic acids is 2. The third-order valence-corrected chi connectivity index (χ3v) is 4.44. The molecule has 7 heteroatoms. The molecule has 1 atom stereocenters. The topological polar surface area (TPSA) is 61.4 Å². The average molecular weight is 359 g/mol. The van der Waals surface area contributed by atoms with E-state index >= 15 is 0 Å². The number of benzene rings is 2. The van der Waals surface area contributed by atoms with Gasteiger partial charge in [-0.2, -0.15) is 0 Å². The summed E-state index contributed by atoms with van der Waals surface area (Å²) in [6.45, 7) is 4.28. The van der Waals surface area contributed by atoms with Gasteiger partial charge in [0.1, 0.15) is 11.6 Å². The van der Waals surface area contributed by atoms with Crippen molar-refractivity contribution in [2.24, 2.45) is 0 Å². The summed E-state index contributed by atoms with van der Waals surface area (Å²) >= 11 is 0. The number of nitrogens with one attached hydrogen (secondary N) is 2. The molecule has 0 saturated carbocycles. The van der Waals surface area contributed by atoms with E-state index in [-0.39, 0.29) is 18.0 Å². The van der Waals surface area contributed by atoms with Crippen molar-refractivity contribution in [3.05, 3.63) is 59.2 Å². The number of hydrogen-bond acceptors (Lipinski definition) is 2. The predicted octanol–water partition coefficient (Wildman–Crippen LogP) is 3.51. The first-order valence-corrected chi connectivity index (χ1v) is 8.23. The minimum absolute atomic E-state index is 0.101. The van der Waals surface area contributed by atoms with E-state index in [4.69, 9.17) is 0 Å². The summed E-state index contributed by atoms with van der Waals surface area (Å²) < 4.78 is 26.8. The van der Waals surface area contributed by atoms with Gasteiger partial charge in [0.2, 0.25) is 5.91 Å². The lowest BCUT2D eigenvalue weighted by Crippen LogP contribution is -2.39. The van der Waals surface area contributed by atoms with Crippen LogP contribution in [-0.2, 0) is 4.79 Å². The minimum atomic E-state index is -0.735. The quantitative estimate of drug-likeness (QED) is 0.881. The smallest absolute Gasteiger partial charge is 0.319 e. The highest BCUT2D eigenvalue weighted by molar-refractivity contribution is 5.97. The van der Waals surface area contributed by atoms with Crippen LogP contribution >= 0.6 is 0 Å². The molecule has 2 aromatic rings. The predicted molar refractivity (Wildman–Crippen MR) is 95.2 cm³/mol. The van der Waals surface area contributed by atoms with Crippen molar-refractivity contribution in [3.8, 4) is 0 Å². The van der Waals surface area contributed by atoms with Crippen molar-refractivity contribution in [2.75, 3.05) is 16.8 Å². The second kappa shape index (κ2) is 7.11. The first-order valence-electron chi connectivity index (χ1n) is 8.23. The Labute approximate surface area is 150 Å². The molecule has 136 valence electrons. The second-order valence-electron chi connectivity index (χ2n) is 6.40. The molecule has 2 N–H and O–H groups in total. The molecule has 0 aliphatic carbocycles. The molecule has 1 aliphatic rings. The monoisotopic (exact) mass is 359 g/mol. The van der Waals surface area contributed by atoms with Gasteiger partial charge in [0.15, 0.2) is 0 Å². The molecule has 3 rings (SSSR count). The van der Waals surface area contributed by atoms with Crippen LogP contribution in [0.4, 0.5) is 25.0 Å². The fraction of sp³-hybridized carbons (Fsp3) is 0.263. The summed E-state index contributed by atoms with van der Waals surface area (Å²) in [5, 5.41) is 4.90. The minimum Gasteiger partial charge on any atom is -0.333 e. The van der Waals surface area contributed by atoms with Gasteiger partial charge >= 0.3 is 6.03 Å². The highest BCUT2D eigenvalue weighted by Crippen LogP contribution is 2.24. The number of nitrogens with zero attached hydrogens (tertiary/aromatic N) is 1. The summed E-state index contributed by atoms with van der Waals surface area (Å²) in [5.74, 6) is -1.49. The third kappa shape index (κ3) is 3.82. The summed E-state index contributed by atoms with van der Waals surface area (Å²) in [7, 11) is 0. The molecular formula is C19H19F2N3O2. The molecule has 0 radical (unpaired) electrons. The van der Waals surface area contributed by atoms with Crippen LogP contribution in [0.2, 0.25) is 0 Å². The van der Waals surface area contributed by atoms with Crippen molar-refractivity contribution in [1.29, 1.82) is 0 Å². The molecule has 2 aromatic carbocycles. The maximum Gasteiger partial charge on any atom is 0.319 e. The molecule has 0 aromatic heterocycles. The van der Waals surface area contributed by atoms with Gasteiger partial charge in [-0.15, -0.1) is 0 Å². The molecule has 1 fully saturated rings. The van der Waals surface area contributed by atoms with E-state index < -0.39 is 23.7 Å². The molecule has 1 aliphatic heterocycles. The summed E-state index contributed by atoms with van der Waals surface area (Å²) in [6, 6.07) is 7.44. The first kappa shape index (κ1) is 17.8. The lowest BCUT2D eigenvalue weighted by atomic mass is 10.1. The molecule has 1 unspecified atom stereocenters. The number of carbonyl (C=O) groups is 2. The normalized spacial score (nSPS) is 16.7. The van der Waals surface area contributed by atoms with Gasteiger partial charge in [-0.25, -0.2) is 13.6 Å². The summed E-state index contributed by atoms with van der Waals surface area (Å²) in [5.41, 5.74) is 2.73. The van der Waals surface area contributed by atoms with E-state index in [1.165, 1.54) is 0 Å². The van der Waals surface area contributed by atoms with Crippen LogP contribution in [0, 0.1) is 25.5 Å². The van der Waals surface area contributed by atoms with Gasteiger partial charge in [0, 0.05) is 24.7 Å². The highest BCUT2D eigenvalue weighted by Gasteiger charge is 2.31. The molecular weight excluding hydrogens is 340 g/mol. The Morgan fingerprint density at radius 3 is 2.62 bits per heavy atom. The standard InChI is InChI=1S/C19H19F2N3O2/c1-11-3-5-15(7-12(11)2)24-10-14(9-18(24)25)22-19(26)23-17-8-13(20)4-6-16(17)21/h3-8,14H,9-10H2,1-2H3,(H2,22,23,26). The fourth-order valence-corrected chi connectivity index (χ4v) is 2.88. The van der Waals surface area contributed by atoms with Gasteiger partial charge < -0.3 is 15.5 Å². The SMILES string of the molecule is Cc1ccc(N2CC(NC(=O)Nc3cc(F)ccc3F)CC2=O)cc1C. The first-order chi connectivity index (χ1) is 12.3. The largest absolute Gasteiger partial charge is 0.333 e. The highest BCUT2D eigenvalue weighted by atomic mass is 19.1. The van der Waals surface area contributed by atoms with E-state index in [1.54, 1.807) is 4.90 Å². The average Bonchev–Trinajstić information content (AvgIpc) is 2.93. The van der Waals surface area contributed by atoms with Crippen molar-refractivity contribution in [1.82, 2.24) is 5.32 Å². The zero-order valence-corrected chi connectivity index (χ0v) is 14.5. The van der Waals surface area contributed by atoms with E-state index in [0.29, 0.717) is 6.54 Å². The number of amides is 3. The Bertz CT molecular complexity index is 870. The number of anilines is 2. The van der Waals surface area contributed by atoms with Crippen LogP contribution < -0.4 is 15.5 Å². The maximum absolute atomic E-state index is 13.6. The fourth-order valence-electron chi connectivity index (χ4n) is 2.88. The van der Waals surface area contributed by atoms with Crippen LogP contribution in [0.3, 0.4) is 0 Å². The van der Waals surface area contributed by atoms with E-state index in [9.17, 15) is 18.4 Å². The maximum atomic E-state index is 13.6. The van der Waals surface area contributed by atoms with Crippen molar-refractivity contribution < 1.29 is 18.4 Å². The van der Waals surface area contributed by atoms with Gasteiger partial charge in [0.25, 0.3) is 0 Å². The third-order valence-electron chi connectivity index (χ3n) is 4.44. The van der Waals surface area contributed by atoms with Crippen molar-refractivity contribution in [2.45, 2.75) is 26.3 Å². The Balaban J connectivity index is 1.64. The zero-order valence-electron chi connectivity index (χ0n) is 14.5. The van der Waals surface area contributed by atoms with Crippen LogP contribution in [0.5, 0.6) is 0 Å². The lowest BCUT2D eigenvalue weighted by Gasteiger charge is -2.18. The number of hydrogen-bond donors (Lipinski definition) is 2. The Morgan fingerprint density at radius 2 is 1.88 bits per heavy atom. The zero-order chi connectivity index (χ0) is 18.8. The Morgan fingerprint density at radius 1 is 1.12 bits per heavy atom. The molecule has 5 nitrogen and oxygen atoms in total. The lowest BCUT2D eigenvalue weighted by molar-refractivity contribution is -0.117. The number of aryl methyl sites for hydroxylation is 2. The van der Waals surface area contributed by atoms with Crippen molar-refractivity contribution in [3.63, 3.8) is 0 Å². The van der Waals surface area contributed by atoms with Crippen LogP contribution in [-0.4, -0.2) is 24.5 Å². The summed E-state index contributed by atoms with van der Waals surface area (Å²) in [6.07, 6.45) is 0.145. The Kier molecular flexibility index (Phi) is 4.88. The van der Waals surface area contributed by atoms with Crippen molar-refractivity contribution >= 4 is 23.3 Å². The molecule has 3 amide bonds. The van der Waals surface area contributed by atoms with Gasteiger partial charge in [-0.05, 0) is 49.2 Å². The molecule has 1 saturated heterocycles. The number of rotatable bonds is 3. The van der Waals surface area contributed by atoms with Crippen LogP contribution in [0.25, 0.3) is 0 Å². The summed E-state index contributed by atoms with van der Waals surface area (Å²) in [4.78, 5) is 25.9.